The van der Waals surface area contributed by atoms with Gasteiger partial charge in [-0.25, -0.2) is 0 Å². The molecule has 3 heteroatoms. The lowest BCUT2D eigenvalue weighted by Gasteiger charge is -2.18. The van der Waals surface area contributed by atoms with E-state index in [2.05, 4.69) is 4.98 Å². The van der Waals surface area contributed by atoms with Crippen molar-refractivity contribution in [2.75, 3.05) is 7.11 Å². The van der Waals surface area contributed by atoms with Crippen molar-refractivity contribution in [1.29, 1.82) is 0 Å². The third-order valence-electron chi connectivity index (χ3n) is 3.50. The summed E-state index contributed by atoms with van der Waals surface area (Å²) in [5.41, 5.74) is 7.33. The van der Waals surface area contributed by atoms with Crippen LogP contribution in [-0.4, -0.2) is 12.1 Å². The van der Waals surface area contributed by atoms with Crippen LogP contribution in [0.1, 0.15) is 43.7 Å². The molecule has 0 spiro atoms. The van der Waals surface area contributed by atoms with E-state index in [4.69, 9.17) is 10.5 Å². The molecule has 0 aliphatic heterocycles. The highest BCUT2D eigenvalue weighted by atomic mass is 16.5. The minimum atomic E-state index is 0.0843. The van der Waals surface area contributed by atoms with E-state index in [0.29, 0.717) is 0 Å². The van der Waals surface area contributed by atoms with Gasteiger partial charge in [-0.1, -0.05) is 25.7 Å². The number of ether oxygens (including phenoxy) is 1. The highest BCUT2D eigenvalue weighted by Crippen LogP contribution is 2.34. The number of aromatic nitrogens is 1. The molecule has 2 rings (SSSR count). The first-order valence-electron chi connectivity index (χ1n) is 6.04. The molecule has 1 saturated carbocycles. The molecule has 0 amide bonds. The van der Waals surface area contributed by atoms with E-state index in [-0.39, 0.29) is 6.04 Å². The third-order valence-corrected chi connectivity index (χ3v) is 3.50. The van der Waals surface area contributed by atoms with Gasteiger partial charge in [0.1, 0.15) is 5.75 Å². The van der Waals surface area contributed by atoms with Crippen molar-refractivity contribution < 1.29 is 4.74 Å². The maximum Gasteiger partial charge on any atom is 0.141 e. The van der Waals surface area contributed by atoms with Crippen molar-refractivity contribution in [3.8, 4) is 5.75 Å². The smallest absolute Gasteiger partial charge is 0.141 e. The minimum absolute atomic E-state index is 0.0843. The predicted octanol–water partition coefficient (Wildman–Crippen LogP) is 2.67. The van der Waals surface area contributed by atoms with Crippen LogP contribution in [0.4, 0.5) is 0 Å². The first kappa shape index (κ1) is 11.4. The Balaban J connectivity index is 2.04. The average Bonchev–Trinajstić information content (AvgIpc) is 2.81. The Morgan fingerprint density at radius 3 is 2.94 bits per heavy atom. The van der Waals surface area contributed by atoms with Gasteiger partial charge in [0.05, 0.1) is 13.3 Å². The first-order valence-corrected chi connectivity index (χ1v) is 6.04. The first-order chi connectivity index (χ1) is 7.81. The van der Waals surface area contributed by atoms with Crippen LogP contribution in [0.15, 0.2) is 18.5 Å². The van der Waals surface area contributed by atoms with Gasteiger partial charge in [0.2, 0.25) is 0 Å². The summed E-state index contributed by atoms with van der Waals surface area (Å²) in [6, 6.07) is 2.05. The van der Waals surface area contributed by atoms with Gasteiger partial charge in [-0.15, -0.1) is 0 Å². The molecule has 1 atom stereocenters. The zero-order valence-corrected chi connectivity index (χ0v) is 9.86. The molecule has 1 fully saturated rings. The van der Waals surface area contributed by atoms with Crippen molar-refractivity contribution in [3.63, 3.8) is 0 Å². The fraction of sp³-hybridized carbons (Fsp3) is 0.615. The lowest BCUT2D eigenvalue weighted by atomic mass is 9.94. The zero-order valence-electron chi connectivity index (χ0n) is 9.86. The Labute approximate surface area is 97.0 Å². The number of hydrogen-bond donors (Lipinski definition) is 1. The van der Waals surface area contributed by atoms with Crippen LogP contribution in [0, 0.1) is 5.92 Å². The quantitative estimate of drug-likeness (QED) is 0.848. The number of rotatable bonds is 4. The van der Waals surface area contributed by atoms with E-state index < -0.39 is 0 Å². The van der Waals surface area contributed by atoms with E-state index >= 15 is 0 Å². The molecule has 1 aromatic heterocycles. The molecular formula is C13H20N2O. The highest BCUT2D eigenvalue weighted by Gasteiger charge is 2.20. The van der Waals surface area contributed by atoms with Crippen molar-refractivity contribution in [2.24, 2.45) is 11.7 Å². The number of methoxy groups -OCH3 is 1. The van der Waals surface area contributed by atoms with Gasteiger partial charge >= 0.3 is 0 Å². The van der Waals surface area contributed by atoms with Crippen LogP contribution in [0.3, 0.4) is 0 Å². The van der Waals surface area contributed by atoms with Crippen molar-refractivity contribution in [2.45, 2.75) is 38.1 Å². The number of hydrogen-bond acceptors (Lipinski definition) is 3. The Morgan fingerprint density at radius 2 is 2.25 bits per heavy atom. The standard InChI is InChI=1S/C13H20N2O/c1-16-13-9-15-7-6-11(13)12(14)8-10-4-2-3-5-10/h6-7,9-10,12H,2-5,8,14H2,1H3. The Morgan fingerprint density at radius 1 is 1.50 bits per heavy atom. The van der Waals surface area contributed by atoms with Gasteiger partial charge in [0, 0.05) is 17.8 Å². The average molecular weight is 220 g/mol. The van der Waals surface area contributed by atoms with E-state index in [1.165, 1.54) is 25.7 Å². The summed E-state index contributed by atoms with van der Waals surface area (Å²) in [7, 11) is 1.67. The summed E-state index contributed by atoms with van der Waals surface area (Å²) in [6.07, 6.45) is 9.99. The highest BCUT2D eigenvalue weighted by molar-refractivity contribution is 5.32. The number of pyridine rings is 1. The molecule has 1 heterocycles. The van der Waals surface area contributed by atoms with Crippen LogP contribution in [-0.2, 0) is 0 Å². The third kappa shape index (κ3) is 2.53. The lowest BCUT2D eigenvalue weighted by molar-refractivity contribution is 0.391. The second-order valence-corrected chi connectivity index (χ2v) is 4.61. The van der Waals surface area contributed by atoms with E-state index in [9.17, 15) is 0 Å². The number of nitrogens with two attached hydrogens (primary N) is 1. The maximum absolute atomic E-state index is 6.24. The molecule has 1 aromatic rings. The van der Waals surface area contributed by atoms with Gasteiger partial charge in [0.25, 0.3) is 0 Å². The summed E-state index contributed by atoms with van der Waals surface area (Å²) in [6.45, 7) is 0. The summed E-state index contributed by atoms with van der Waals surface area (Å²) >= 11 is 0. The van der Waals surface area contributed by atoms with Gasteiger partial charge in [-0.2, -0.15) is 0 Å². The van der Waals surface area contributed by atoms with Gasteiger partial charge < -0.3 is 10.5 Å². The van der Waals surface area contributed by atoms with Crippen LogP contribution in [0.25, 0.3) is 0 Å². The molecule has 1 unspecified atom stereocenters. The summed E-state index contributed by atoms with van der Waals surface area (Å²) in [5.74, 6) is 1.61. The molecule has 16 heavy (non-hydrogen) atoms. The van der Waals surface area contributed by atoms with Gasteiger partial charge in [-0.05, 0) is 18.4 Å². The Kier molecular flexibility index (Phi) is 3.78. The van der Waals surface area contributed by atoms with Crippen LogP contribution in [0.2, 0.25) is 0 Å². The van der Waals surface area contributed by atoms with Crippen LogP contribution < -0.4 is 10.5 Å². The molecular weight excluding hydrogens is 200 g/mol. The Hall–Kier alpha value is -1.09. The summed E-state index contributed by atoms with van der Waals surface area (Å²) in [4.78, 5) is 4.05. The molecule has 88 valence electrons. The topological polar surface area (TPSA) is 48.1 Å². The maximum atomic E-state index is 6.24. The van der Waals surface area contributed by atoms with Gasteiger partial charge in [-0.3, -0.25) is 4.98 Å². The van der Waals surface area contributed by atoms with E-state index in [1.54, 1.807) is 19.5 Å². The Bertz CT molecular complexity index is 334. The molecule has 3 nitrogen and oxygen atoms in total. The molecule has 0 radical (unpaired) electrons. The van der Waals surface area contributed by atoms with Crippen molar-refractivity contribution in [3.05, 3.63) is 24.0 Å². The lowest BCUT2D eigenvalue weighted by Crippen LogP contribution is -2.15. The van der Waals surface area contributed by atoms with E-state index in [0.717, 1.165) is 23.7 Å². The van der Waals surface area contributed by atoms with Gasteiger partial charge in [0.15, 0.2) is 0 Å². The van der Waals surface area contributed by atoms with Crippen LogP contribution >= 0.6 is 0 Å². The largest absolute Gasteiger partial charge is 0.495 e. The fourth-order valence-electron chi connectivity index (χ4n) is 2.60. The summed E-state index contributed by atoms with van der Waals surface area (Å²) in [5, 5.41) is 0. The fourth-order valence-corrected chi connectivity index (χ4v) is 2.60. The second kappa shape index (κ2) is 5.30. The SMILES string of the molecule is COc1cnccc1C(N)CC1CCCC1. The second-order valence-electron chi connectivity index (χ2n) is 4.61. The van der Waals surface area contributed by atoms with Crippen molar-refractivity contribution in [1.82, 2.24) is 4.98 Å². The molecule has 0 bridgehead atoms. The van der Waals surface area contributed by atoms with Crippen molar-refractivity contribution >= 4 is 0 Å². The predicted molar refractivity (Wildman–Crippen MR) is 64.3 cm³/mol. The molecule has 2 N–H and O–H groups in total. The minimum Gasteiger partial charge on any atom is -0.495 e. The van der Waals surface area contributed by atoms with Crippen LogP contribution in [0.5, 0.6) is 5.75 Å². The molecule has 0 saturated heterocycles. The molecule has 1 aliphatic rings. The monoisotopic (exact) mass is 220 g/mol. The summed E-state index contributed by atoms with van der Waals surface area (Å²) < 4.78 is 5.29. The molecule has 0 aromatic carbocycles. The number of nitrogens with zero attached hydrogens (tertiary/aromatic N) is 1. The van der Waals surface area contributed by atoms with E-state index in [1.807, 2.05) is 6.07 Å². The normalized spacial score (nSPS) is 18.6. The zero-order chi connectivity index (χ0) is 11.4. The molecule has 1 aliphatic carbocycles.